The topological polar surface area (TPSA) is 111 Å². The van der Waals surface area contributed by atoms with Gasteiger partial charge in [-0.05, 0) is 18.8 Å². The second-order valence-electron chi connectivity index (χ2n) is 4.95. The van der Waals surface area contributed by atoms with Crippen LogP contribution in [0, 0.1) is 5.92 Å². The molecule has 0 unspecified atom stereocenters. The zero-order valence-corrected chi connectivity index (χ0v) is 10.8. The van der Waals surface area contributed by atoms with Crippen LogP contribution < -0.4 is 5.56 Å². The van der Waals surface area contributed by atoms with Gasteiger partial charge in [0, 0.05) is 31.6 Å². The summed E-state index contributed by atoms with van der Waals surface area (Å²) in [6.45, 7) is 0.925. The number of hydrogen-bond acceptors (Lipinski definition) is 4. The fraction of sp³-hybridized carbons (Fsp3) is 0.462. The van der Waals surface area contributed by atoms with Crippen LogP contribution in [0.2, 0.25) is 0 Å². The van der Waals surface area contributed by atoms with Crippen molar-refractivity contribution < 1.29 is 19.8 Å². The van der Waals surface area contributed by atoms with Gasteiger partial charge in [0.2, 0.25) is 0 Å². The second-order valence-corrected chi connectivity index (χ2v) is 4.95. The Labute approximate surface area is 114 Å². The Morgan fingerprint density at radius 3 is 2.50 bits per heavy atom. The number of pyridine rings is 1. The largest absolute Gasteiger partial charge is 0.494 e. The Morgan fingerprint density at radius 2 is 1.95 bits per heavy atom. The van der Waals surface area contributed by atoms with Crippen molar-refractivity contribution in [3.63, 3.8) is 0 Å². The van der Waals surface area contributed by atoms with Gasteiger partial charge in [-0.25, -0.2) is 0 Å². The summed E-state index contributed by atoms with van der Waals surface area (Å²) in [4.78, 5) is 37.8. The van der Waals surface area contributed by atoms with E-state index in [1.54, 1.807) is 4.90 Å². The smallest absolute Gasteiger partial charge is 0.303 e. The second kappa shape index (κ2) is 5.77. The fourth-order valence-electron chi connectivity index (χ4n) is 2.42. The number of carbonyl (C=O) groups is 2. The number of aromatic nitrogens is 1. The zero-order chi connectivity index (χ0) is 14.7. The third kappa shape index (κ3) is 3.37. The third-order valence-electron chi connectivity index (χ3n) is 3.44. The van der Waals surface area contributed by atoms with Gasteiger partial charge in [-0.1, -0.05) is 0 Å². The minimum Gasteiger partial charge on any atom is -0.494 e. The highest BCUT2D eigenvalue weighted by molar-refractivity contribution is 5.94. The summed E-state index contributed by atoms with van der Waals surface area (Å²) in [7, 11) is 0. The van der Waals surface area contributed by atoms with Crippen LogP contribution in [0.25, 0.3) is 0 Å². The molecule has 1 fully saturated rings. The van der Waals surface area contributed by atoms with E-state index in [1.165, 1.54) is 6.07 Å². The standard InChI is InChI=1S/C13H16N2O5/c16-10-6-9(7-11(17)14-10)13(20)15-3-1-8(2-4-15)5-12(18)19/h6-8H,1-5H2,(H,18,19)(H2,14,16,17). The van der Waals surface area contributed by atoms with Crippen LogP contribution in [0.4, 0.5) is 0 Å². The highest BCUT2D eigenvalue weighted by Crippen LogP contribution is 2.22. The summed E-state index contributed by atoms with van der Waals surface area (Å²) in [5.41, 5.74) is -0.392. The molecule has 1 aromatic heterocycles. The van der Waals surface area contributed by atoms with Gasteiger partial charge in [0.05, 0.1) is 5.56 Å². The van der Waals surface area contributed by atoms with Crippen LogP contribution in [-0.4, -0.2) is 45.1 Å². The molecule has 1 aliphatic rings. The van der Waals surface area contributed by atoms with Crippen LogP contribution in [0.1, 0.15) is 29.6 Å². The molecule has 20 heavy (non-hydrogen) atoms. The molecule has 3 N–H and O–H groups in total. The molecular formula is C13H16N2O5. The van der Waals surface area contributed by atoms with E-state index in [0.29, 0.717) is 25.9 Å². The van der Waals surface area contributed by atoms with Gasteiger partial charge in [0.15, 0.2) is 5.88 Å². The number of hydrogen-bond donors (Lipinski definition) is 3. The molecule has 0 bridgehead atoms. The van der Waals surface area contributed by atoms with Crippen LogP contribution in [-0.2, 0) is 4.79 Å². The molecule has 1 amide bonds. The van der Waals surface area contributed by atoms with Crippen molar-refractivity contribution in [2.24, 2.45) is 5.92 Å². The lowest BCUT2D eigenvalue weighted by Gasteiger charge is -2.31. The predicted molar refractivity (Wildman–Crippen MR) is 69.6 cm³/mol. The van der Waals surface area contributed by atoms with Gasteiger partial charge in [-0.3, -0.25) is 19.4 Å². The van der Waals surface area contributed by atoms with Crippen molar-refractivity contribution in [2.75, 3.05) is 13.1 Å². The quantitative estimate of drug-likeness (QED) is 0.742. The summed E-state index contributed by atoms with van der Waals surface area (Å²) in [6.07, 6.45) is 1.38. The molecule has 0 spiro atoms. The molecule has 7 heteroatoms. The van der Waals surface area contributed by atoms with E-state index in [0.717, 1.165) is 6.07 Å². The van der Waals surface area contributed by atoms with Gasteiger partial charge in [0.1, 0.15) is 0 Å². The van der Waals surface area contributed by atoms with Crippen molar-refractivity contribution in [1.82, 2.24) is 9.88 Å². The number of amides is 1. The lowest BCUT2D eigenvalue weighted by atomic mass is 9.93. The molecule has 1 aliphatic heterocycles. The molecule has 7 nitrogen and oxygen atoms in total. The molecule has 0 saturated carbocycles. The Bertz CT molecular complexity index is 572. The minimum atomic E-state index is -0.825. The number of nitrogens with zero attached hydrogens (tertiary/aromatic N) is 1. The van der Waals surface area contributed by atoms with Gasteiger partial charge in [-0.15, -0.1) is 0 Å². The maximum Gasteiger partial charge on any atom is 0.303 e. The van der Waals surface area contributed by atoms with E-state index in [2.05, 4.69) is 4.98 Å². The first-order chi connectivity index (χ1) is 9.45. The Kier molecular flexibility index (Phi) is 4.07. The lowest BCUT2D eigenvalue weighted by Crippen LogP contribution is -2.39. The number of H-pyrrole nitrogens is 1. The number of nitrogens with one attached hydrogen (secondary N) is 1. The van der Waals surface area contributed by atoms with Gasteiger partial charge < -0.3 is 15.1 Å². The maximum atomic E-state index is 12.2. The molecule has 1 aromatic rings. The number of rotatable bonds is 3. The van der Waals surface area contributed by atoms with E-state index in [4.69, 9.17) is 5.11 Å². The number of aliphatic carboxylic acids is 1. The van der Waals surface area contributed by atoms with Crippen LogP contribution >= 0.6 is 0 Å². The van der Waals surface area contributed by atoms with Crippen molar-refractivity contribution >= 4 is 11.9 Å². The highest BCUT2D eigenvalue weighted by atomic mass is 16.4. The Morgan fingerprint density at radius 1 is 1.30 bits per heavy atom. The van der Waals surface area contributed by atoms with E-state index >= 15 is 0 Å². The number of piperidine rings is 1. The molecule has 108 valence electrons. The average molecular weight is 280 g/mol. The first-order valence-corrected chi connectivity index (χ1v) is 6.40. The van der Waals surface area contributed by atoms with Crippen molar-refractivity contribution in [1.29, 1.82) is 0 Å². The van der Waals surface area contributed by atoms with Gasteiger partial charge >= 0.3 is 5.97 Å². The number of carboxylic acid groups (broad SMARTS) is 1. The first kappa shape index (κ1) is 14.1. The normalized spacial score (nSPS) is 16.1. The van der Waals surface area contributed by atoms with Crippen LogP contribution in [0.15, 0.2) is 16.9 Å². The highest BCUT2D eigenvalue weighted by Gasteiger charge is 2.25. The molecule has 2 heterocycles. The van der Waals surface area contributed by atoms with E-state index in [-0.39, 0.29) is 29.7 Å². The first-order valence-electron chi connectivity index (χ1n) is 6.40. The van der Waals surface area contributed by atoms with Crippen molar-refractivity contribution in [3.05, 3.63) is 28.0 Å². The molecule has 1 saturated heterocycles. The van der Waals surface area contributed by atoms with Gasteiger partial charge in [0.25, 0.3) is 11.5 Å². The Hall–Kier alpha value is -2.31. The SMILES string of the molecule is O=C(O)CC1CCN(C(=O)c2cc(O)[nH]c(=O)c2)CC1. The summed E-state index contributed by atoms with van der Waals surface area (Å²) in [5.74, 6) is -1.40. The molecule has 0 aliphatic carbocycles. The number of aromatic hydroxyl groups is 1. The predicted octanol–water partition coefficient (Wildman–Crippen LogP) is 0.407. The average Bonchev–Trinajstić information content (AvgIpc) is 2.37. The summed E-state index contributed by atoms with van der Waals surface area (Å²) < 4.78 is 0. The number of carbonyl (C=O) groups excluding carboxylic acids is 1. The van der Waals surface area contributed by atoms with Crippen LogP contribution in [0.3, 0.4) is 0 Å². The number of aromatic amines is 1. The summed E-state index contributed by atoms with van der Waals surface area (Å²) >= 11 is 0. The fourth-order valence-corrected chi connectivity index (χ4v) is 2.42. The van der Waals surface area contributed by atoms with E-state index in [1.807, 2.05) is 0 Å². The Balaban J connectivity index is 2.01. The third-order valence-corrected chi connectivity index (χ3v) is 3.44. The molecule has 0 atom stereocenters. The zero-order valence-electron chi connectivity index (χ0n) is 10.8. The molecule has 2 rings (SSSR count). The van der Waals surface area contributed by atoms with Crippen molar-refractivity contribution in [3.8, 4) is 5.88 Å². The molecule has 0 radical (unpaired) electrons. The van der Waals surface area contributed by atoms with E-state index in [9.17, 15) is 19.5 Å². The summed E-state index contributed by atoms with van der Waals surface area (Å²) in [6, 6.07) is 2.36. The minimum absolute atomic E-state index is 0.0872. The summed E-state index contributed by atoms with van der Waals surface area (Å²) in [5, 5.41) is 18.0. The number of likely N-dealkylation sites (tertiary alicyclic amines) is 1. The lowest BCUT2D eigenvalue weighted by molar-refractivity contribution is -0.138. The number of carboxylic acids is 1. The van der Waals surface area contributed by atoms with Crippen molar-refractivity contribution in [2.45, 2.75) is 19.3 Å². The monoisotopic (exact) mass is 280 g/mol. The van der Waals surface area contributed by atoms with E-state index < -0.39 is 11.5 Å². The maximum absolute atomic E-state index is 12.2. The van der Waals surface area contributed by atoms with Crippen LogP contribution in [0.5, 0.6) is 5.88 Å². The molecular weight excluding hydrogens is 264 g/mol. The molecule has 0 aromatic carbocycles. The van der Waals surface area contributed by atoms with Gasteiger partial charge in [-0.2, -0.15) is 0 Å².